The van der Waals surface area contributed by atoms with Gasteiger partial charge in [0.25, 0.3) is 0 Å². The second-order valence-corrected chi connectivity index (χ2v) is 5.35. The summed E-state index contributed by atoms with van der Waals surface area (Å²) in [6.45, 7) is 6.79. The molecule has 0 aliphatic heterocycles. The Morgan fingerprint density at radius 2 is 1.75 bits per heavy atom. The predicted octanol–water partition coefficient (Wildman–Crippen LogP) is 2.95. The molecule has 2 N–H and O–H groups in total. The molecule has 0 aliphatic rings. The Labute approximate surface area is 121 Å². The number of aromatic nitrogens is 1. The predicted molar refractivity (Wildman–Crippen MR) is 83.0 cm³/mol. The number of benzene rings is 1. The molecule has 20 heavy (non-hydrogen) atoms. The van der Waals surface area contributed by atoms with Crippen LogP contribution in [0.4, 0.5) is 0 Å². The summed E-state index contributed by atoms with van der Waals surface area (Å²) >= 11 is 0. The van der Waals surface area contributed by atoms with Gasteiger partial charge in [-0.3, -0.25) is 9.88 Å². The minimum atomic E-state index is 0.478. The van der Waals surface area contributed by atoms with Crippen molar-refractivity contribution in [3.05, 3.63) is 65.5 Å². The number of nitrogens with zero attached hydrogens (tertiary/aromatic N) is 2. The van der Waals surface area contributed by atoms with Crippen LogP contribution in [-0.2, 0) is 19.6 Å². The van der Waals surface area contributed by atoms with E-state index in [1.54, 1.807) is 0 Å². The third-order valence-corrected chi connectivity index (χ3v) is 3.45. The van der Waals surface area contributed by atoms with Crippen LogP contribution in [0.15, 0.2) is 48.7 Å². The highest BCUT2D eigenvalue weighted by molar-refractivity contribution is 5.16. The Hall–Kier alpha value is -1.71. The molecule has 1 aromatic carbocycles. The summed E-state index contributed by atoms with van der Waals surface area (Å²) < 4.78 is 0. The van der Waals surface area contributed by atoms with E-state index in [9.17, 15) is 0 Å². The van der Waals surface area contributed by atoms with Crippen LogP contribution in [0, 0.1) is 0 Å². The summed E-state index contributed by atoms with van der Waals surface area (Å²) in [4.78, 5) is 6.91. The van der Waals surface area contributed by atoms with Gasteiger partial charge in [-0.15, -0.1) is 0 Å². The summed E-state index contributed by atoms with van der Waals surface area (Å²) in [5, 5.41) is 0. The van der Waals surface area contributed by atoms with Crippen molar-refractivity contribution in [3.63, 3.8) is 0 Å². The molecule has 1 aromatic heterocycles. The molecule has 0 unspecified atom stereocenters. The zero-order valence-electron chi connectivity index (χ0n) is 12.3. The summed E-state index contributed by atoms with van der Waals surface area (Å²) in [7, 11) is 0. The van der Waals surface area contributed by atoms with Gasteiger partial charge in [-0.25, -0.2) is 0 Å². The van der Waals surface area contributed by atoms with Gasteiger partial charge < -0.3 is 5.73 Å². The van der Waals surface area contributed by atoms with Gasteiger partial charge in [0.15, 0.2) is 0 Å². The first-order chi connectivity index (χ1) is 9.69. The third kappa shape index (κ3) is 4.15. The van der Waals surface area contributed by atoms with Gasteiger partial charge in [-0.05, 0) is 31.0 Å². The summed E-state index contributed by atoms with van der Waals surface area (Å²) in [5.74, 6) is 0. The lowest BCUT2D eigenvalue weighted by atomic mass is 10.1. The minimum Gasteiger partial charge on any atom is -0.326 e. The molecule has 2 rings (SSSR count). The summed E-state index contributed by atoms with van der Waals surface area (Å²) in [5.41, 5.74) is 9.10. The van der Waals surface area contributed by atoms with E-state index in [2.05, 4.69) is 66.2 Å². The molecule has 106 valence electrons. The van der Waals surface area contributed by atoms with Crippen molar-refractivity contribution in [1.82, 2.24) is 9.88 Å². The van der Waals surface area contributed by atoms with Crippen LogP contribution in [0.5, 0.6) is 0 Å². The standard InChI is InChI=1S/C17H23N3/c1-14(2)20(12-15-6-4-3-5-7-15)13-17-9-8-16(10-18)11-19-17/h3-9,11,14H,10,12-13,18H2,1-2H3. The average molecular weight is 269 g/mol. The molecule has 0 bridgehead atoms. The summed E-state index contributed by atoms with van der Waals surface area (Å²) in [6, 6.07) is 15.2. The molecule has 0 saturated heterocycles. The fraction of sp³-hybridized carbons (Fsp3) is 0.353. The second-order valence-electron chi connectivity index (χ2n) is 5.35. The van der Waals surface area contributed by atoms with Crippen molar-refractivity contribution in [3.8, 4) is 0 Å². The normalized spacial score (nSPS) is 11.2. The molecule has 0 radical (unpaired) electrons. The number of pyridine rings is 1. The largest absolute Gasteiger partial charge is 0.326 e. The van der Waals surface area contributed by atoms with Gasteiger partial charge in [0.1, 0.15) is 0 Å². The molecular weight excluding hydrogens is 246 g/mol. The van der Waals surface area contributed by atoms with Crippen molar-refractivity contribution < 1.29 is 0 Å². The SMILES string of the molecule is CC(C)N(Cc1ccccc1)Cc1ccc(CN)cn1. The van der Waals surface area contributed by atoms with Crippen LogP contribution in [-0.4, -0.2) is 15.9 Å². The molecule has 0 saturated carbocycles. The molecule has 3 nitrogen and oxygen atoms in total. The van der Waals surface area contributed by atoms with E-state index in [1.165, 1.54) is 5.56 Å². The van der Waals surface area contributed by atoms with E-state index in [-0.39, 0.29) is 0 Å². The van der Waals surface area contributed by atoms with Crippen molar-refractivity contribution >= 4 is 0 Å². The highest BCUT2D eigenvalue weighted by atomic mass is 15.1. The van der Waals surface area contributed by atoms with Crippen LogP contribution < -0.4 is 5.73 Å². The van der Waals surface area contributed by atoms with Crippen molar-refractivity contribution in [2.45, 2.75) is 39.5 Å². The highest BCUT2D eigenvalue weighted by Gasteiger charge is 2.11. The zero-order chi connectivity index (χ0) is 14.4. The molecule has 2 aromatic rings. The van der Waals surface area contributed by atoms with Crippen molar-refractivity contribution in [2.24, 2.45) is 5.73 Å². The van der Waals surface area contributed by atoms with Crippen LogP contribution in [0.2, 0.25) is 0 Å². The first kappa shape index (κ1) is 14.7. The van der Waals surface area contributed by atoms with Gasteiger partial charge in [0, 0.05) is 31.9 Å². The van der Waals surface area contributed by atoms with Crippen LogP contribution in [0.1, 0.15) is 30.7 Å². The molecule has 0 fully saturated rings. The molecule has 1 heterocycles. The van der Waals surface area contributed by atoms with Crippen LogP contribution >= 0.6 is 0 Å². The van der Waals surface area contributed by atoms with Crippen molar-refractivity contribution in [2.75, 3.05) is 0 Å². The highest BCUT2D eigenvalue weighted by Crippen LogP contribution is 2.12. The van der Waals surface area contributed by atoms with E-state index < -0.39 is 0 Å². The minimum absolute atomic E-state index is 0.478. The van der Waals surface area contributed by atoms with E-state index in [0.717, 1.165) is 24.3 Å². The van der Waals surface area contributed by atoms with Gasteiger partial charge in [-0.1, -0.05) is 36.4 Å². The third-order valence-electron chi connectivity index (χ3n) is 3.45. The van der Waals surface area contributed by atoms with E-state index in [1.807, 2.05) is 6.20 Å². The molecule has 0 spiro atoms. The Bertz CT molecular complexity index is 506. The van der Waals surface area contributed by atoms with E-state index in [4.69, 9.17) is 5.73 Å². The van der Waals surface area contributed by atoms with Gasteiger partial charge in [0.2, 0.25) is 0 Å². The Morgan fingerprint density at radius 3 is 2.30 bits per heavy atom. The topological polar surface area (TPSA) is 42.1 Å². The van der Waals surface area contributed by atoms with E-state index >= 15 is 0 Å². The average Bonchev–Trinajstić information content (AvgIpc) is 2.48. The number of hydrogen-bond donors (Lipinski definition) is 1. The number of hydrogen-bond acceptors (Lipinski definition) is 3. The molecule has 3 heteroatoms. The molecular formula is C17H23N3. The smallest absolute Gasteiger partial charge is 0.0544 e. The van der Waals surface area contributed by atoms with Crippen LogP contribution in [0.3, 0.4) is 0 Å². The first-order valence-electron chi connectivity index (χ1n) is 7.11. The maximum absolute atomic E-state index is 5.60. The van der Waals surface area contributed by atoms with Gasteiger partial charge in [-0.2, -0.15) is 0 Å². The number of nitrogens with two attached hydrogens (primary N) is 1. The maximum Gasteiger partial charge on any atom is 0.0544 e. The zero-order valence-corrected chi connectivity index (χ0v) is 12.3. The lowest BCUT2D eigenvalue weighted by Crippen LogP contribution is -2.30. The Balaban J connectivity index is 2.05. The number of rotatable bonds is 6. The quantitative estimate of drug-likeness (QED) is 0.876. The van der Waals surface area contributed by atoms with Crippen molar-refractivity contribution in [1.29, 1.82) is 0 Å². The lowest BCUT2D eigenvalue weighted by molar-refractivity contribution is 0.201. The lowest BCUT2D eigenvalue weighted by Gasteiger charge is -2.26. The second kappa shape index (κ2) is 7.17. The van der Waals surface area contributed by atoms with Gasteiger partial charge >= 0.3 is 0 Å². The maximum atomic E-state index is 5.60. The molecule has 0 amide bonds. The monoisotopic (exact) mass is 269 g/mol. The fourth-order valence-electron chi connectivity index (χ4n) is 2.12. The molecule has 0 atom stereocenters. The Morgan fingerprint density at radius 1 is 1.00 bits per heavy atom. The van der Waals surface area contributed by atoms with Crippen LogP contribution in [0.25, 0.3) is 0 Å². The van der Waals surface area contributed by atoms with E-state index in [0.29, 0.717) is 12.6 Å². The van der Waals surface area contributed by atoms with Gasteiger partial charge in [0.05, 0.1) is 5.69 Å². The first-order valence-corrected chi connectivity index (χ1v) is 7.11. The molecule has 0 aliphatic carbocycles. The Kier molecular flexibility index (Phi) is 5.27. The fourth-order valence-corrected chi connectivity index (χ4v) is 2.12. The summed E-state index contributed by atoms with van der Waals surface area (Å²) in [6.07, 6.45) is 1.87.